The van der Waals surface area contributed by atoms with Gasteiger partial charge >= 0.3 is 6.18 Å². The maximum absolute atomic E-state index is 12.8. The predicted octanol–water partition coefficient (Wildman–Crippen LogP) is 6.20. The zero-order valence-electron chi connectivity index (χ0n) is 17.3. The van der Waals surface area contributed by atoms with E-state index in [1.807, 2.05) is 20.8 Å². The van der Waals surface area contributed by atoms with Gasteiger partial charge in [0.25, 0.3) is 0 Å². The van der Waals surface area contributed by atoms with E-state index in [-0.39, 0.29) is 17.0 Å². The number of hydrogen-bond donors (Lipinski definition) is 2. The van der Waals surface area contributed by atoms with E-state index in [0.29, 0.717) is 12.1 Å². The summed E-state index contributed by atoms with van der Waals surface area (Å²) in [6.45, 7) is 7.63. The quantitative estimate of drug-likeness (QED) is 0.528. The molecule has 0 saturated heterocycles. The lowest BCUT2D eigenvalue weighted by atomic mass is 9.92. The van der Waals surface area contributed by atoms with Gasteiger partial charge in [0.1, 0.15) is 0 Å². The second-order valence-corrected chi connectivity index (χ2v) is 9.55. The van der Waals surface area contributed by atoms with Crippen LogP contribution in [0.25, 0.3) is 0 Å². The Bertz CT molecular complexity index is 890. The van der Waals surface area contributed by atoms with E-state index < -0.39 is 22.9 Å². The number of nitrogens with one attached hydrogen (secondary N) is 2. The number of hydrogen-bond acceptors (Lipinski definition) is 3. The first-order chi connectivity index (χ1) is 13.8. The van der Waals surface area contributed by atoms with Crippen molar-refractivity contribution in [2.45, 2.75) is 50.4 Å². The minimum absolute atomic E-state index is 0.0725. The van der Waals surface area contributed by atoms with Gasteiger partial charge in [-0.05, 0) is 54.8 Å². The van der Waals surface area contributed by atoms with Crippen molar-refractivity contribution in [2.24, 2.45) is 5.41 Å². The summed E-state index contributed by atoms with van der Waals surface area (Å²) in [5.41, 5.74) is -0.166. The molecule has 0 heterocycles. The summed E-state index contributed by atoms with van der Waals surface area (Å²) >= 11 is 1.27. The molecule has 1 unspecified atom stereocenters. The third kappa shape index (κ3) is 7.74. The van der Waals surface area contributed by atoms with Crippen molar-refractivity contribution in [1.82, 2.24) is 0 Å². The van der Waals surface area contributed by atoms with Gasteiger partial charge < -0.3 is 10.6 Å². The highest BCUT2D eigenvalue weighted by atomic mass is 32.2. The molecular weight excluding hydrogens is 413 g/mol. The van der Waals surface area contributed by atoms with Crippen LogP contribution in [0.2, 0.25) is 0 Å². The predicted molar refractivity (Wildman–Crippen MR) is 115 cm³/mol. The molecular formula is C22H25F3N2O2S. The highest BCUT2D eigenvalue weighted by molar-refractivity contribution is 8.00. The second kappa shape index (κ2) is 9.55. The Morgan fingerprint density at radius 3 is 2.17 bits per heavy atom. The molecule has 30 heavy (non-hydrogen) atoms. The molecule has 0 aromatic heterocycles. The zero-order chi connectivity index (χ0) is 22.5. The maximum Gasteiger partial charge on any atom is 0.416 e. The van der Waals surface area contributed by atoms with Gasteiger partial charge in [0.15, 0.2) is 0 Å². The van der Waals surface area contributed by atoms with E-state index >= 15 is 0 Å². The van der Waals surface area contributed by atoms with Gasteiger partial charge in [0.05, 0.1) is 10.8 Å². The normalized spacial score (nSPS) is 12.9. The van der Waals surface area contributed by atoms with Crippen LogP contribution in [0.15, 0.2) is 53.4 Å². The van der Waals surface area contributed by atoms with Crippen LogP contribution in [0.5, 0.6) is 0 Å². The molecule has 0 spiro atoms. The van der Waals surface area contributed by atoms with E-state index in [1.165, 1.54) is 23.9 Å². The van der Waals surface area contributed by atoms with Crippen LogP contribution in [-0.4, -0.2) is 17.1 Å². The molecule has 0 radical (unpaired) electrons. The molecule has 0 aliphatic heterocycles. The van der Waals surface area contributed by atoms with Gasteiger partial charge in [-0.25, -0.2) is 0 Å². The maximum atomic E-state index is 12.8. The molecule has 0 bridgehead atoms. The number of carbonyl (C=O) groups excluding carboxylic acids is 2. The summed E-state index contributed by atoms with van der Waals surface area (Å²) in [5, 5.41) is 4.82. The number of halogens is 3. The molecule has 2 aromatic carbocycles. The molecule has 0 aliphatic rings. The summed E-state index contributed by atoms with van der Waals surface area (Å²) in [6, 6.07) is 11.6. The van der Waals surface area contributed by atoms with E-state index in [4.69, 9.17) is 0 Å². The number of amides is 2. The summed E-state index contributed by atoms with van der Waals surface area (Å²) in [7, 11) is 0. The van der Waals surface area contributed by atoms with Gasteiger partial charge in [0.2, 0.25) is 11.8 Å². The first-order valence-corrected chi connectivity index (χ1v) is 10.3. The summed E-state index contributed by atoms with van der Waals surface area (Å²) in [6.07, 6.45) is -4.07. The van der Waals surface area contributed by atoms with Crippen molar-refractivity contribution < 1.29 is 22.8 Å². The number of rotatable bonds is 6. The highest BCUT2D eigenvalue weighted by Gasteiger charge is 2.30. The van der Waals surface area contributed by atoms with Gasteiger partial charge in [0, 0.05) is 22.7 Å². The standard InChI is InChI=1S/C22H25F3N2O2S/c1-14(20(29)27-17-7-5-6-15(12-17)22(23,24)25)30-18-10-8-16(9-11-18)26-19(28)13-21(2,3)4/h5-12,14H,13H2,1-4H3,(H,26,28)(H,27,29). The Morgan fingerprint density at radius 1 is 0.967 bits per heavy atom. The fraction of sp³-hybridized carbons (Fsp3) is 0.364. The molecule has 2 amide bonds. The van der Waals surface area contributed by atoms with Crippen LogP contribution >= 0.6 is 11.8 Å². The fourth-order valence-electron chi connectivity index (χ4n) is 2.58. The fourth-order valence-corrected chi connectivity index (χ4v) is 3.45. The topological polar surface area (TPSA) is 58.2 Å². The van der Waals surface area contributed by atoms with E-state index in [2.05, 4.69) is 10.6 Å². The second-order valence-electron chi connectivity index (χ2n) is 8.14. The van der Waals surface area contributed by atoms with Gasteiger partial charge in [-0.1, -0.05) is 26.8 Å². The lowest BCUT2D eigenvalue weighted by Crippen LogP contribution is -2.22. The number of thioether (sulfide) groups is 1. The van der Waals surface area contributed by atoms with Gasteiger partial charge in [-0.15, -0.1) is 11.8 Å². The molecule has 162 valence electrons. The van der Waals surface area contributed by atoms with Crippen LogP contribution in [0, 0.1) is 5.41 Å². The first-order valence-electron chi connectivity index (χ1n) is 9.38. The Kier molecular flexibility index (Phi) is 7.58. The Hall–Kier alpha value is -2.48. The molecule has 2 rings (SSSR count). The van der Waals surface area contributed by atoms with Crippen LogP contribution in [-0.2, 0) is 15.8 Å². The minimum Gasteiger partial charge on any atom is -0.326 e. The average molecular weight is 439 g/mol. The van der Waals surface area contributed by atoms with Crippen molar-refractivity contribution in [1.29, 1.82) is 0 Å². The van der Waals surface area contributed by atoms with Crippen LogP contribution in [0.4, 0.5) is 24.5 Å². The number of alkyl halides is 3. The third-order valence-electron chi connectivity index (χ3n) is 3.97. The van der Waals surface area contributed by atoms with Gasteiger partial charge in [-0.3, -0.25) is 9.59 Å². The van der Waals surface area contributed by atoms with E-state index in [9.17, 15) is 22.8 Å². The largest absolute Gasteiger partial charge is 0.416 e. The van der Waals surface area contributed by atoms with Crippen LogP contribution in [0.1, 0.15) is 39.7 Å². The average Bonchev–Trinajstić information content (AvgIpc) is 2.61. The Morgan fingerprint density at radius 2 is 1.60 bits per heavy atom. The molecule has 0 fully saturated rings. The smallest absolute Gasteiger partial charge is 0.326 e. The SMILES string of the molecule is CC(Sc1ccc(NC(=O)CC(C)(C)C)cc1)C(=O)Nc1cccc(C(F)(F)F)c1. The lowest BCUT2D eigenvalue weighted by molar-refractivity contribution is -0.137. The lowest BCUT2D eigenvalue weighted by Gasteiger charge is -2.17. The molecule has 0 aliphatic carbocycles. The first kappa shape index (κ1) is 23.8. The van der Waals surface area contributed by atoms with Crippen molar-refractivity contribution in [3.63, 3.8) is 0 Å². The summed E-state index contributed by atoms with van der Waals surface area (Å²) < 4.78 is 38.4. The Labute approximate surface area is 178 Å². The zero-order valence-corrected chi connectivity index (χ0v) is 18.1. The summed E-state index contributed by atoms with van der Waals surface area (Å²) in [5.74, 6) is -0.474. The van der Waals surface area contributed by atoms with Gasteiger partial charge in [-0.2, -0.15) is 13.2 Å². The molecule has 2 N–H and O–H groups in total. The van der Waals surface area contributed by atoms with Crippen molar-refractivity contribution in [2.75, 3.05) is 10.6 Å². The highest BCUT2D eigenvalue weighted by Crippen LogP contribution is 2.31. The number of carbonyl (C=O) groups is 2. The number of anilines is 2. The van der Waals surface area contributed by atoms with Crippen LogP contribution in [0.3, 0.4) is 0 Å². The molecule has 1 atom stereocenters. The molecule has 0 saturated carbocycles. The molecule has 4 nitrogen and oxygen atoms in total. The van der Waals surface area contributed by atoms with E-state index in [0.717, 1.165) is 17.0 Å². The Balaban J connectivity index is 1.93. The molecule has 8 heteroatoms. The van der Waals surface area contributed by atoms with Crippen LogP contribution < -0.4 is 10.6 Å². The monoisotopic (exact) mass is 438 g/mol. The van der Waals surface area contributed by atoms with Crippen molar-refractivity contribution in [3.8, 4) is 0 Å². The van der Waals surface area contributed by atoms with Crippen molar-refractivity contribution >= 4 is 35.0 Å². The van der Waals surface area contributed by atoms with E-state index in [1.54, 1.807) is 31.2 Å². The third-order valence-corrected chi connectivity index (χ3v) is 5.08. The molecule has 2 aromatic rings. The van der Waals surface area contributed by atoms with Crippen molar-refractivity contribution in [3.05, 3.63) is 54.1 Å². The summed E-state index contributed by atoms with van der Waals surface area (Å²) in [4.78, 5) is 25.2. The minimum atomic E-state index is -4.47. The number of benzene rings is 2.